The average molecular weight is 300 g/mol. The fourth-order valence-corrected chi connectivity index (χ4v) is 2.13. The third kappa shape index (κ3) is 3.09. The molecule has 0 fully saturated rings. The number of methoxy groups -OCH3 is 1. The Morgan fingerprint density at radius 3 is 2.23 bits per heavy atom. The van der Waals surface area contributed by atoms with Crippen molar-refractivity contribution in [1.29, 1.82) is 0 Å². The van der Waals surface area contributed by atoms with Gasteiger partial charge in [0.05, 0.1) is 12.7 Å². The summed E-state index contributed by atoms with van der Waals surface area (Å²) in [6, 6.07) is 8.63. The zero-order valence-corrected chi connectivity index (χ0v) is 12.6. The Morgan fingerprint density at radius 2 is 1.64 bits per heavy atom. The van der Waals surface area contributed by atoms with Crippen molar-refractivity contribution in [2.45, 2.75) is 13.8 Å². The Balaban J connectivity index is 2.73. The van der Waals surface area contributed by atoms with Crippen molar-refractivity contribution in [3.05, 3.63) is 42.5 Å². The predicted molar refractivity (Wildman–Crippen MR) is 82.6 cm³/mol. The minimum absolute atomic E-state index is 0.325. The summed E-state index contributed by atoms with van der Waals surface area (Å²) in [7, 11) is 1.49. The number of fused-ring (bicyclic) bond motifs is 1. The average Bonchev–Trinajstić information content (AvgIpc) is 2.46. The first kappa shape index (κ1) is 15.6. The predicted octanol–water partition coefficient (Wildman–Crippen LogP) is 3.31. The number of carbonyl (C=O) groups excluding carboxylic acids is 2. The third-order valence-electron chi connectivity index (χ3n) is 3.02. The van der Waals surface area contributed by atoms with Crippen molar-refractivity contribution in [2.24, 2.45) is 0 Å². The SMILES string of the molecule is C=C(OC)c1ccc2c(OC(C)=O)cccc2c1OC(C)=O. The fourth-order valence-electron chi connectivity index (χ4n) is 2.13. The lowest BCUT2D eigenvalue weighted by Gasteiger charge is -2.15. The quantitative estimate of drug-likeness (QED) is 0.492. The molecular formula is C17H16O5. The van der Waals surface area contributed by atoms with E-state index in [1.807, 2.05) is 0 Å². The molecule has 0 aliphatic rings. The van der Waals surface area contributed by atoms with Gasteiger partial charge < -0.3 is 14.2 Å². The van der Waals surface area contributed by atoms with Gasteiger partial charge in [0.2, 0.25) is 0 Å². The van der Waals surface area contributed by atoms with E-state index in [1.54, 1.807) is 30.3 Å². The molecule has 0 spiro atoms. The topological polar surface area (TPSA) is 61.8 Å². The number of carbonyl (C=O) groups is 2. The Hall–Kier alpha value is -2.82. The van der Waals surface area contributed by atoms with E-state index >= 15 is 0 Å². The molecule has 0 N–H and O–H groups in total. The highest BCUT2D eigenvalue weighted by Crippen LogP contribution is 2.37. The van der Waals surface area contributed by atoms with Crippen LogP contribution in [0.4, 0.5) is 0 Å². The number of ether oxygens (including phenoxy) is 3. The minimum atomic E-state index is -0.462. The number of esters is 2. The van der Waals surface area contributed by atoms with Crippen LogP contribution in [0.25, 0.3) is 16.5 Å². The maximum Gasteiger partial charge on any atom is 0.308 e. The van der Waals surface area contributed by atoms with Gasteiger partial charge >= 0.3 is 11.9 Å². The second-order valence-corrected chi connectivity index (χ2v) is 4.61. The smallest absolute Gasteiger partial charge is 0.308 e. The molecule has 0 saturated heterocycles. The van der Waals surface area contributed by atoms with Gasteiger partial charge in [-0.2, -0.15) is 0 Å². The second kappa shape index (κ2) is 6.30. The number of hydrogen-bond donors (Lipinski definition) is 0. The molecule has 5 nitrogen and oxygen atoms in total. The summed E-state index contributed by atoms with van der Waals surface area (Å²) in [5.74, 6) is 0.206. The van der Waals surface area contributed by atoms with Gasteiger partial charge in [0, 0.05) is 24.6 Å². The zero-order chi connectivity index (χ0) is 16.3. The molecule has 2 aromatic carbocycles. The molecule has 0 saturated carbocycles. The van der Waals surface area contributed by atoms with E-state index in [-0.39, 0.29) is 0 Å². The Kier molecular flexibility index (Phi) is 4.46. The van der Waals surface area contributed by atoms with Crippen molar-refractivity contribution in [1.82, 2.24) is 0 Å². The molecule has 0 bridgehead atoms. The summed E-state index contributed by atoms with van der Waals surface area (Å²) in [6.07, 6.45) is 0. The van der Waals surface area contributed by atoms with E-state index in [1.165, 1.54) is 21.0 Å². The number of benzene rings is 2. The van der Waals surface area contributed by atoms with Crippen molar-refractivity contribution in [3.8, 4) is 11.5 Å². The van der Waals surface area contributed by atoms with Crippen molar-refractivity contribution in [2.75, 3.05) is 7.11 Å². The largest absolute Gasteiger partial charge is 0.497 e. The van der Waals surface area contributed by atoms with Crippen LogP contribution in [0.2, 0.25) is 0 Å². The Bertz CT molecular complexity index is 761. The maximum atomic E-state index is 11.4. The van der Waals surface area contributed by atoms with Gasteiger partial charge in [-0.1, -0.05) is 18.7 Å². The van der Waals surface area contributed by atoms with Gasteiger partial charge in [0.25, 0.3) is 0 Å². The van der Waals surface area contributed by atoms with E-state index < -0.39 is 11.9 Å². The van der Waals surface area contributed by atoms with E-state index in [0.717, 1.165) is 0 Å². The highest BCUT2D eigenvalue weighted by molar-refractivity contribution is 5.98. The van der Waals surface area contributed by atoms with Crippen molar-refractivity contribution < 1.29 is 23.8 Å². The first-order chi connectivity index (χ1) is 10.4. The summed E-state index contributed by atoms with van der Waals surface area (Å²) >= 11 is 0. The van der Waals surface area contributed by atoms with Gasteiger partial charge in [-0.3, -0.25) is 9.59 Å². The van der Waals surface area contributed by atoms with Crippen LogP contribution in [-0.4, -0.2) is 19.0 Å². The van der Waals surface area contributed by atoms with Gasteiger partial charge in [-0.05, 0) is 18.2 Å². The third-order valence-corrected chi connectivity index (χ3v) is 3.02. The van der Waals surface area contributed by atoms with Gasteiger partial charge in [0.15, 0.2) is 0 Å². The van der Waals surface area contributed by atoms with Crippen LogP contribution in [0.3, 0.4) is 0 Å². The standard InChI is InChI=1S/C17H16O5/c1-10(20-4)13-8-9-14-15(17(13)22-12(3)19)6-5-7-16(14)21-11(2)18/h5-9H,1H2,2-4H3. The second-order valence-electron chi connectivity index (χ2n) is 4.61. The summed E-state index contributed by atoms with van der Waals surface area (Å²) in [6.45, 7) is 6.43. The first-order valence-electron chi connectivity index (χ1n) is 6.60. The fraction of sp³-hybridized carbons (Fsp3) is 0.176. The molecule has 0 amide bonds. The molecule has 5 heteroatoms. The minimum Gasteiger partial charge on any atom is -0.497 e. The molecule has 0 atom stereocenters. The van der Waals surface area contributed by atoms with Crippen LogP contribution >= 0.6 is 0 Å². The molecule has 0 aliphatic heterocycles. The van der Waals surface area contributed by atoms with E-state index in [0.29, 0.717) is 33.6 Å². The van der Waals surface area contributed by atoms with Crippen LogP contribution in [-0.2, 0) is 14.3 Å². The van der Waals surface area contributed by atoms with Crippen LogP contribution in [0.1, 0.15) is 19.4 Å². The normalized spacial score (nSPS) is 10.1. The van der Waals surface area contributed by atoms with Crippen molar-refractivity contribution in [3.63, 3.8) is 0 Å². The first-order valence-corrected chi connectivity index (χ1v) is 6.60. The lowest BCUT2D eigenvalue weighted by atomic mass is 10.0. The molecule has 0 radical (unpaired) electrons. The highest BCUT2D eigenvalue weighted by Gasteiger charge is 2.16. The van der Waals surface area contributed by atoms with Crippen LogP contribution in [0, 0.1) is 0 Å². The molecule has 0 aliphatic carbocycles. The lowest BCUT2D eigenvalue weighted by Crippen LogP contribution is -2.06. The molecule has 0 heterocycles. The number of hydrogen-bond acceptors (Lipinski definition) is 5. The Labute approximate surface area is 128 Å². The van der Waals surface area contributed by atoms with Gasteiger partial charge in [-0.25, -0.2) is 0 Å². The van der Waals surface area contributed by atoms with Gasteiger partial charge in [0.1, 0.15) is 17.3 Å². The summed E-state index contributed by atoms with van der Waals surface area (Å²) in [4.78, 5) is 22.6. The molecule has 2 aromatic rings. The molecule has 0 unspecified atom stereocenters. The van der Waals surface area contributed by atoms with Crippen LogP contribution in [0.5, 0.6) is 11.5 Å². The van der Waals surface area contributed by atoms with E-state index in [9.17, 15) is 9.59 Å². The summed E-state index contributed by atoms with van der Waals surface area (Å²) in [5, 5.41) is 1.28. The molecular weight excluding hydrogens is 284 g/mol. The monoisotopic (exact) mass is 300 g/mol. The molecule has 22 heavy (non-hydrogen) atoms. The van der Waals surface area contributed by atoms with Crippen molar-refractivity contribution >= 4 is 28.5 Å². The lowest BCUT2D eigenvalue weighted by molar-refractivity contribution is -0.132. The summed E-state index contributed by atoms with van der Waals surface area (Å²) in [5.41, 5.74) is 0.560. The van der Waals surface area contributed by atoms with Gasteiger partial charge in [-0.15, -0.1) is 0 Å². The molecule has 114 valence electrons. The molecule has 2 rings (SSSR count). The number of rotatable bonds is 4. The Morgan fingerprint density at radius 1 is 0.955 bits per heavy atom. The zero-order valence-electron chi connectivity index (χ0n) is 12.6. The maximum absolute atomic E-state index is 11.4. The highest BCUT2D eigenvalue weighted by atomic mass is 16.5. The summed E-state index contributed by atoms with van der Waals surface area (Å²) < 4.78 is 15.6. The molecule has 0 aromatic heterocycles. The van der Waals surface area contributed by atoms with E-state index in [4.69, 9.17) is 14.2 Å². The van der Waals surface area contributed by atoms with E-state index in [2.05, 4.69) is 6.58 Å². The van der Waals surface area contributed by atoms with Crippen LogP contribution in [0.15, 0.2) is 36.9 Å². The van der Waals surface area contributed by atoms with Crippen LogP contribution < -0.4 is 9.47 Å².